The molecule has 3 heterocycles. The topological polar surface area (TPSA) is 110 Å². The number of nitrogens with zero attached hydrogens (tertiary/aromatic N) is 5. The van der Waals surface area contributed by atoms with E-state index in [0.717, 1.165) is 4.57 Å². The zero-order valence-electron chi connectivity index (χ0n) is 19.0. The van der Waals surface area contributed by atoms with Crippen molar-refractivity contribution in [3.8, 4) is 0 Å². The van der Waals surface area contributed by atoms with Crippen molar-refractivity contribution in [2.75, 3.05) is 31.1 Å². The summed E-state index contributed by atoms with van der Waals surface area (Å²) in [7, 11) is 1.50. The molecule has 1 N–H and O–H groups in total. The number of anilines is 1. The fourth-order valence-electron chi connectivity index (χ4n) is 4.06. The number of hydrogen-bond acceptors (Lipinski definition) is 6. The molecule has 0 unspecified atom stereocenters. The Balaban J connectivity index is 1.63. The summed E-state index contributed by atoms with van der Waals surface area (Å²) in [5.41, 5.74) is 0.260. The van der Waals surface area contributed by atoms with Crippen molar-refractivity contribution in [2.45, 2.75) is 20.0 Å². The third-order valence-corrected chi connectivity index (χ3v) is 5.97. The van der Waals surface area contributed by atoms with E-state index in [4.69, 9.17) is 0 Å². The van der Waals surface area contributed by atoms with Crippen LogP contribution >= 0.6 is 0 Å². The smallest absolute Gasteiger partial charge is 0.332 e. The number of aromatic nitrogens is 3. The Morgan fingerprint density at radius 2 is 1.74 bits per heavy atom. The summed E-state index contributed by atoms with van der Waals surface area (Å²) in [5.74, 6) is -0.910. The number of hydrogen-bond donors (Lipinski definition) is 1. The van der Waals surface area contributed by atoms with Crippen molar-refractivity contribution >= 4 is 28.5 Å². The zero-order valence-corrected chi connectivity index (χ0v) is 19.0. The molecule has 0 radical (unpaired) electrons. The van der Waals surface area contributed by atoms with Gasteiger partial charge < -0.3 is 15.1 Å². The number of pyridine rings is 1. The maximum absolute atomic E-state index is 13.4. The highest BCUT2D eigenvalue weighted by Gasteiger charge is 2.24. The minimum absolute atomic E-state index is 0.00404. The number of carbonyl (C=O) groups excluding carboxylic acids is 2. The molecule has 1 fully saturated rings. The van der Waals surface area contributed by atoms with Crippen molar-refractivity contribution in [2.24, 2.45) is 7.05 Å². The maximum atomic E-state index is 13.4. The van der Waals surface area contributed by atoms with E-state index in [1.165, 1.54) is 36.9 Å². The van der Waals surface area contributed by atoms with E-state index in [9.17, 15) is 23.6 Å². The normalized spacial score (nSPS) is 13.9. The van der Waals surface area contributed by atoms with E-state index in [1.807, 2.05) is 4.90 Å². The Morgan fingerprint density at radius 1 is 1.06 bits per heavy atom. The van der Waals surface area contributed by atoms with E-state index in [1.54, 1.807) is 23.1 Å². The molecule has 4 rings (SSSR count). The Morgan fingerprint density at radius 3 is 2.38 bits per heavy atom. The molecule has 0 saturated carbocycles. The second-order valence-corrected chi connectivity index (χ2v) is 8.16. The lowest BCUT2D eigenvalue weighted by atomic mass is 10.2. The summed E-state index contributed by atoms with van der Waals surface area (Å²) >= 11 is 0. The molecule has 11 heteroatoms. The largest absolute Gasteiger partial charge is 0.367 e. The summed E-state index contributed by atoms with van der Waals surface area (Å²) < 4.78 is 15.2. The molecule has 0 bridgehead atoms. The highest BCUT2D eigenvalue weighted by atomic mass is 19.1. The number of amides is 2. The lowest BCUT2D eigenvalue weighted by molar-refractivity contribution is -0.129. The summed E-state index contributed by atoms with van der Waals surface area (Å²) in [4.78, 5) is 58.4. The average molecular weight is 468 g/mol. The van der Waals surface area contributed by atoms with Gasteiger partial charge in [0.05, 0.1) is 5.69 Å². The number of fused-ring (bicyclic) bond motifs is 1. The lowest BCUT2D eigenvalue weighted by Crippen LogP contribution is -2.49. The van der Waals surface area contributed by atoms with Crippen molar-refractivity contribution in [3.05, 3.63) is 68.7 Å². The van der Waals surface area contributed by atoms with Crippen LogP contribution in [0.2, 0.25) is 0 Å². The maximum Gasteiger partial charge on any atom is 0.332 e. The molecule has 1 aliphatic rings. The molecule has 0 aliphatic carbocycles. The lowest BCUT2D eigenvalue weighted by Gasteiger charge is -2.36. The Bertz CT molecular complexity index is 1360. The van der Waals surface area contributed by atoms with Crippen molar-refractivity contribution in [1.82, 2.24) is 24.3 Å². The molecule has 34 heavy (non-hydrogen) atoms. The first-order valence-corrected chi connectivity index (χ1v) is 10.9. The van der Waals surface area contributed by atoms with Crippen LogP contribution in [0.4, 0.5) is 10.1 Å². The molecule has 0 atom stereocenters. The number of benzene rings is 1. The van der Waals surface area contributed by atoms with Crippen molar-refractivity contribution in [3.63, 3.8) is 0 Å². The first-order valence-electron chi connectivity index (χ1n) is 10.9. The van der Waals surface area contributed by atoms with Crippen LogP contribution in [-0.4, -0.2) is 57.0 Å². The molecule has 10 nitrogen and oxygen atoms in total. The number of halogens is 1. The van der Waals surface area contributed by atoms with Crippen LogP contribution in [-0.2, 0) is 29.7 Å². The van der Waals surface area contributed by atoms with Gasteiger partial charge in [0.15, 0.2) is 5.65 Å². The van der Waals surface area contributed by atoms with Crippen LogP contribution in [0, 0.1) is 5.82 Å². The second kappa shape index (κ2) is 9.46. The molecule has 1 aromatic carbocycles. The van der Waals surface area contributed by atoms with Gasteiger partial charge >= 0.3 is 5.69 Å². The Hall–Kier alpha value is -4.02. The number of nitrogens with one attached hydrogen (secondary N) is 1. The third kappa shape index (κ3) is 4.54. The summed E-state index contributed by atoms with van der Waals surface area (Å²) in [6.45, 7) is 3.28. The monoisotopic (exact) mass is 468 g/mol. The minimum atomic E-state index is -0.652. The van der Waals surface area contributed by atoms with Gasteiger partial charge in [0.2, 0.25) is 11.8 Å². The molecule has 2 amide bonds. The van der Waals surface area contributed by atoms with Crippen LogP contribution in [0.3, 0.4) is 0 Å². The standard InChI is InChI=1S/C23H25FN6O4/c1-15(31)28-9-11-29(12-10-28)18-7-8-25-21-20(18)22(33)30(23(34)27(21)2)14-19(32)26-13-16-3-5-17(24)6-4-16/h3-8H,9-14H2,1-2H3,(H,26,32). The zero-order chi connectivity index (χ0) is 24.4. The minimum Gasteiger partial charge on any atom is -0.367 e. The fraction of sp³-hybridized carbons (Fsp3) is 0.348. The van der Waals surface area contributed by atoms with Gasteiger partial charge in [0.25, 0.3) is 5.56 Å². The van der Waals surface area contributed by atoms with Gasteiger partial charge in [-0.25, -0.2) is 14.2 Å². The number of aryl methyl sites for hydroxylation is 1. The third-order valence-electron chi connectivity index (χ3n) is 5.97. The van der Waals surface area contributed by atoms with Gasteiger partial charge in [-0.2, -0.15) is 0 Å². The highest BCUT2D eigenvalue weighted by Crippen LogP contribution is 2.23. The van der Waals surface area contributed by atoms with E-state index < -0.39 is 23.7 Å². The van der Waals surface area contributed by atoms with Gasteiger partial charge in [-0.3, -0.25) is 23.5 Å². The van der Waals surface area contributed by atoms with E-state index in [-0.39, 0.29) is 29.3 Å². The van der Waals surface area contributed by atoms with Gasteiger partial charge in [-0.1, -0.05) is 12.1 Å². The number of carbonyl (C=O) groups is 2. The molecule has 2 aromatic heterocycles. The second-order valence-electron chi connectivity index (χ2n) is 8.16. The molecule has 1 saturated heterocycles. The van der Waals surface area contributed by atoms with E-state index in [0.29, 0.717) is 37.4 Å². The van der Waals surface area contributed by atoms with E-state index in [2.05, 4.69) is 10.3 Å². The van der Waals surface area contributed by atoms with Gasteiger partial charge in [0.1, 0.15) is 17.7 Å². The average Bonchev–Trinajstić information content (AvgIpc) is 2.84. The number of piperazine rings is 1. The Labute approximate surface area is 194 Å². The quantitative estimate of drug-likeness (QED) is 0.574. The molecule has 0 spiro atoms. The van der Waals surface area contributed by atoms with Crippen molar-refractivity contribution < 1.29 is 14.0 Å². The molecule has 178 valence electrons. The van der Waals surface area contributed by atoms with E-state index >= 15 is 0 Å². The van der Waals surface area contributed by atoms with Crippen LogP contribution in [0.15, 0.2) is 46.1 Å². The molecular weight excluding hydrogens is 443 g/mol. The molecular formula is C23H25FN6O4. The first kappa shape index (κ1) is 23.1. The van der Waals surface area contributed by atoms with Crippen LogP contribution < -0.4 is 21.5 Å². The highest BCUT2D eigenvalue weighted by molar-refractivity contribution is 5.89. The van der Waals surface area contributed by atoms with Crippen molar-refractivity contribution in [1.29, 1.82) is 0 Å². The van der Waals surface area contributed by atoms with Crippen LogP contribution in [0.25, 0.3) is 11.0 Å². The predicted octanol–water partition coefficient (Wildman–Crippen LogP) is 0.219. The molecule has 1 aliphatic heterocycles. The first-order chi connectivity index (χ1) is 16.3. The van der Waals surface area contributed by atoms with Gasteiger partial charge in [-0.15, -0.1) is 0 Å². The van der Waals surface area contributed by atoms with Crippen LogP contribution in [0.5, 0.6) is 0 Å². The fourth-order valence-corrected chi connectivity index (χ4v) is 4.06. The SMILES string of the molecule is CC(=O)N1CCN(c2ccnc3c2c(=O)n(CC(=O)NCc2ccc(F)cc2)c(=O)n3C)CC1. The summed E-state index contributed by atoms with van der Waals surface area (Å²) in [6.07, 6.45) is 1.54. The summed E-state index contributed by atoms with van der Waals surface area (Å²) in [5, 5.41) is 2.89. The Kier molecular flexibility index (Phi) is 6.44. The summed E-state index contributed by atoms with van der Waals surface area (Å²) in [6, 6.07) is 7.36. The van der Waals surface area contributed by atoms with Crippen LogP contribution in [0.1, 0.15) is 12.5 Å². The predicted molar refractivity (Wildman–Crippen MR) is 124 cm³/mol. The number of rotatable bonds is 5. The van der Waals surface area contributed by atoms with Gasteiger partial charge in [-0.05, 0) is 23.8 Å². The van der Waals surface area contributed by atoms with Gasteiger partial charge in [0, 0.05) is 52.9 Å². The molecule has 3 aromatic rings.